The second-order valence-corrected chi connectivity index (χ2v) is 5.42. The molecule has 0 aliphatic rings. The van der Waals surface area contributed by atoms with Crippen LogP contribution in [0.25, 0.3) is 0 Å². The van der Waals surface area contributed by atoms with Crippen molar-refractivity contribution in [2.45, 2.75) is 33.4 Å². The Hall–Kier alpha value is -1.55. The first-order valence-corrected chi connectivity index (χ1v) is 6.97. The lowest BCUT2D eigenvalue weighted by molar-refractivity contribution is 0.531. The summed E-state index contributed by atoms with van der Waals surface area (Å²) in [6.45, 7) is 7.44. The minimum Gasteiger partial charge on any atom is -0.350 e. The van der Waals surface area contributed by atoms with Crippen LogP contribution in [-0.4, -0.2) is 20.7 Å². The van der Waals surface area contributed by atoms with Crippen molar-refractivity contribution >= 4 is 0 Å². The van der Waals surface area contributed by atoms with E-state index >= 15 is 0 Å². The third-order valence-electron chi connectivity index (χ3n) is 3.28. The van der Waals surface area contributed by atoms with Crippen molar-refractivity contribution in [1.82, 2.24) is 19.4 Å². The standard InChI is InChI=1S/C15H24N4/c1-13(2)11-16-12-14-5-4-8-19(14)9-6-15-17-7-10-18(15)3/h4-5,7-8,10,13,16H,6,9,11-12H2,1-3H3. The molecule has 0 fully saturated rings. The van der Waals surface area contributed by atoms with Gasteiger partial charge in [0.2, 0.25) is 0 Å². The van der Waals surface area contributed by atoms with Crippen LogP contribution in [0.1, 0.15) is 25.4 Å². The lowest BCUT2D eigenvalue weighted by Gasteiger charge is -2.11. The van der Waals surface area contributed by atoms with Crippen LogP contribution < -0.4 is 5.32 Å². The summed E-state index contributed by atoms with van der Waals surface area (Å²) in [4.78, 5) is 4.36. The Balaban J connectivity index is 1.87. The molecule has 0 amide bonds. The van der Waals surface area contributed by atoms with Crippen LogP contribution in [0.4, 0.5) is 0 Å². The summed E-state index contributed by atoms with van der Waals surface area (Å²) >= 11 is 0. The van der Waals surface area contributed by atoms with E-state index in [-0.39, 0.29) is 0 Å². The fourth-order valence-electron chi connectivity index (χ4n) is 2.17. The number of rotatable bonds is 7. The van der Waals surface area contributed by atoms with Crippen molar-refractivity contribution in [2.75, 3.05) is 6.54 Å². The van der Waals surface area contributed by atoms with E-state index in [1.54, 1.807) is 0 Å². The molecule has 4 heteroatoms. The predicted octanol–water partition coefficient (Wildman–Crippen LogP) is 2.21. The van der Waals surface area contributed by atoms with Crippen molar-refractivity contribution < 1.29 is 0 Å². The Labute approximate surface area is 115 Å². The zero-order valence-electron chi connectivity index (χ0n) is 12.1. The zero-order chi connectivity index (χ0) is 13.7. The van der Waals surface area contributed by atoms with Crippen LogP contribution in [0.2, 0.25) is 0 Å². The van der Waals surface area contributed by atoms with Gasteiger partial charge >= 0.3 is 0 Å². The summed E-state index contributed by atoms with van der Waals surface area (Å²) in [5, 5.41) is 3.49. The highest BCUT2D eigenvalue weighted by Gasteiger charge is 2.04. The van der Waals surface area contributed by atoms with Gasteiger partial charge in [0.25, 0.3) is 0 Å². The van der Waals surface area contributed by atoms with E-state index in [2.05, 4.69) is 51.6 Å². The summed E-state index contributed by atoms with van der Waals surface area (Å²) in [7, 11) is 2.04. The molecule has 0 radical (unpaired) electrons. The third-order valence-corrected chi connectivity index (χ3v) is 3.28. The van der Waals surface area contributed by atoms with Crippen LogP contribution in [0.15, 0.2) is 30.7 Å². The van der Waals surface area contributed by atoms with E-state index in [0.29, 0.717) is 5.92 Å². The molecule has 4 nitrogen and oxygen atoms in total. The van der Waals surface area contributed by atoms with E-state index in [1.165, 1.54) is 5.69 Å². The van der Waals surface area contributed by atoms with Crippen LogP contribution in [0.5, 0.6) is 0 Å². The van der Waals surface area contributed by atoms with E-state index in [9.17, 15) is 0 Å². The molecule has 19 heavy (non-hydrogen) atoms. The number of imidazole rings is 1. The van der Waals surface area contributed by atoms with Crippen molar-refractivity contribution in [1.29, 1.82) is 0 Å². The van der Waals surface area contributed by atoms with Gasteiger partial charge in [0.05, 0.1) is 0 Å². The van der Waals surface area contributed by atoms with Gasteiger partial charge in [-0.3, -0.25) is 0 Å². The minimum absolute atomic E-state index is 0.691. The summed E-state index contributed by atoms with van der Waals surface area (Å²) in [6, 6.07) is 4.30. The number of nitrogens with zero attached hydrogens (tertiary/aromatic N) is 3. The second kappa shape index (κ2) is 6.57. The molecule has 0 saturated heterocycles. The molecular formula is C15H24N4. The fraction of sp³-hybridized carbons (Fsp3) is 0.533. The molecule has 104 valence electrons. The van der Waals surface area contributed by atoms with Gasteiger partial charge in [-0.25, -0.2) is 4.98 Å². The van der Waals surface area contributed by atoms with Gasteiger partial charge in [-0.1, -0.05) is 13.8 Å². The fourth-order valence-corrected chi connectivity index (χ4v) is 2.17. The Kier molecular flexibility index (Phi) is 4.80. The van der Waals surface area contributed by atoms with Gasteiger partial charge in [-0.2, -0.15) is 0 Å². The molecule has 0 atom stereocenters. The smallest absolute Gasteiger partial charge is 0.110 e. The average Bonchev–Trinajstić information content (AvgIpc) is 2.95. The van der Waals surface area contributed by atoms with Crippen LogP contribution in [0.3, 0.4) is 0 Å². The molecule has 0 spiro atoms. The summed E-state index contributed by atoms with van der Waals surface area (Å²) in [5.74, 6) is 1.82. The van der Waals surface area contributed by atoms with Gasteiger partial charge in [-0.15, -0.1) is 0 Å². The average molecular weight is 260 g/mol. The predicted molar refractivity (Wildman–Crippen MR) is 77.9 cm³/mol. The molecule has 0 aliphatic heterocycles. The molecular weight excluding hydrogens is 236 g/mol. The second-order valence-electron chi connectivity index (χ2n) is 5.42. The quantitative estimate of drug-likeness (QED) is 0.828. The Morgan fingerprint density at radius 1 is 1.32 bits per heavy atom. The summed E-state index contributed by atoms with van der Waals surface area (Å²) in [6.07, 6.45) is 6.97. The van der Waals surface area contributed by atoms with Crippen molar-refractivity contribution in [3.8, 4) is 0 Å². The molecule has 2 aromatic heterocycles. The number of nitrogens with one attached hydrogen (secondary N) is 1. The molecule has 2 rings (SSSR count). The van der Waals surface area contributed by atoms with E-state index in [0.717, 1.165) is 31.9 Å². The lowest BCUT2D eigenvalue weighted by atomic mass is 10.2. The van der Waals surface area contributed by atoms with E-state index in [4.69, 9.17) is 0 Å². The molecule has 1 N–H and O–H groups in total. The maximum absolute atomic E-state index is 4.36. The molecule has 0 unspecified atom stereocenters. The number of aromatic nitrogens is 3. The van der Waals surface area contributed by atoms with Gasteiger partial charge in [0.15, 0.2) is 0 Å². The first-order chi connectivity index (χ1) is 9.16. The minimum atomic E-state index is 0.691. The zero-order valence-corrected chi connectivity index (χ0v) is 12.1. The summed E-state index contributed by atoms with van der Waals surface area (Å²) < 4.78 is 4.39. The molecule has 2 heterocycles. The largest absolute Gasteiger partial charge is 0.350 e. The highest BCUT2D eigenvalue weighted by Crippen LogP contribution is 2.05. The van der Waals surface area contributed by atoms with Crippen molar-refractivity contribution in [2.24, 2.45) is 13.0 Å². The van der Waals surface area contributed by atoms with E-state index < -0.39 is 0 Å². The molecule has 2 aromatic rings. The third kappa shape index (κ3) is 3.96. The lowest BCUT2D eigenvalue weighted by Crippen LogP contribution is -2.21. The Bertz CT molecular complexity index is 496. The van der Waals surface area contributed by atoms with Gasteiger partial charge < -0.3 is 14.5 Å². The normalized spacial score (nSPS) is 11.4. The first kappa shape index (κ1) is 13.9. The number of hydrogen-bond donors (Lipinski definition) is 1. The Morgan fingerprint density at radius 2 is 2.16 bits per heavy atom. The maximum atomic E-state index is 4.36. The molecule has 0 bridgehead atoms. The van der Waals surface area contributed by atoms with Crippen molar-refractivity contribution in [3.63, 3.8) is 0 Å². The molecule has 0 saturated carbocycles. The highest BCUT2D eigenvalue weighted by atomic mass is 15.1. The van der Waals surface area contributed by atoms with Crippen LogP contribution in [0, 0.1) is 5.92 Å². The van der Waals surface area contributed by atoms with Gasteiger partial charge in [0, 0.05) is 50.8 Å². The van der Waals surface area contributed by atoms with Gasteiger partial charge in [0.1, 0.15) is 5.82 Å². The highest BCUT2D eigenvalue weighted by molar-refractivity contribution is 5.07. The first-order valence-electron chi connectivity index (χ1n) is 6.97. The number of hydrogen-bond acceptors (Lipinski definition) is 2. The van der Waals surface area contributed by atoms with Crippen LogP contribution >= 0.6 is 0 Å². The summed E-state index contributed by atoms with van der Waals surface area (Å²) in [5.41, 5.74) is 1.34. The van der Waals surface area contributed by atoms with Gasteiger partial charge in [-0.05, 0) is 24.6 Å². The Morgan fingerprint density at radius 3 is 2.84 bits per heavy atom. The topological polar surface area (TPSA) is 34.8 Å². The molecule has 0 aliphatic carbocycles. The number of aryl methyl sites for hydroxylation is 3. The SMILES string of the molecule is CC(C)CNCc1cccn1CCc1nccn1C. The van der Waals surface area contributed by atoms with E-state index in [1.807, 2.05) is 19.4 Å². The monoisotopic (exact) mass is 260 g/mol. The molecule has 0 aromatic carbocycles. The van der Waals surface area contributed by atoms with Crippen LogP contribution in [-0.2, 0) is 26.6 Å². The maximum Gasteiger partial charge on any atom is 0.110 e. The van der Waals surface area contributed by atoms with Crippen molar-refractivity contribution in [3.05, 3.63) is 42.2 Å².